The molecule has 0 spiro atoms. The second kappa shape index (κ2) is 5.14. The van der Waals surface area contributed by atoms with Gasteiger partial charge in [0, 0.05) is 18.2 Å². The van der Waals surface area contributed by atoms with E-state index in [1.807, 2.05) is 6.07 Å². The van der Waals surface area contributed by atoms with E-state index >= 15 is 0 Å². The molecular formula is C11H16N2O3. The fraction of sp³-hybridized carbons (Fsp3) is 0.545. The lowest BCUT2D eigenvalue weighted by Gasteiger charge is -2.25. The monoisotopic (exact) mass is 224 g/mol. The first-order valence-corrected chi connectivity index (χ1v) is 5.24. The molecule has 5 nitrogen and oxygen atoms in total. The number of pyridine rings is 1. The van der Waals surface area contributed by atoms with Gasteiger partial charge < -0.3 is 19.5 Å². The maximum atomic E-state index is 5.43. The van der Waals surface area contributed by atoms with Gasteiger partial charge in [-0.2, -0.15) is 0 Å². The van der Waals surface area contributed by atoms with Gasteiger partial charge in [-0.15, -0.1) is 0 Å². The van der Waals surface area contributed by atoms with Gasteiger partial charge in [0.05, 0.1) is 39.7 Å². The minimum Gasteiger partial charge on any atom is -0.495 e. The lowest BCUT2D eigenvalue weighted by Crippen LogP contribution is -2.34. The standard InChI is InChI=1S/C11H16N2O3/c1-14-10-6-13-11(15-2)5-8(10)9-7-16-4-3-12-9/h5-6,9,12H,3-4,7H2,1-2H3. The van der Waals surface area contributed by atoms with E-state index in [2.05, 4.69) is 10.3 Å². The predicted octanol–water partition coefficient (Wildman–Crippen LogP) is 0.760. The van der Waals surface area contributed by atoms with Crippen LogP contribution in [-0.2, 0) is 4.74 Å². The average Bonchev–Trinajstić information content (AvgIpc) is 2.39. The molecule has 1 saturated heterocycles. The smallest absolute Gasteiger partial charge is 0.213 e. The van der Waals surface area contributed by atoms with Gasteiger partial charge in [-0.1, -0.05) is 0 Å². The molecule has 2 rings (SSSR count). The van der Waals surface area contributed by atoms with E-state index in [4.69, 9.17) is 14.2 Å². The van der Waals surface area contributed by atoms with E-state index in [1.165, 1.54) is 0 Å². The van der Waals surface area contributed by atoms with Crippen molar-refractivity contribution in [3.8, 4) is 11.6 Å². The highest BCUT2D eigenvalue weighted by Crippen LogP contribution is 2.28. The lowest BCUT2D eigenvalue weighted by atomic mass is 10.1. The molecule has 88 valence electrons. The van der Waals surface area contributed by atoms with E-state index in [-0.39, 0.29) is 6.04 Å². The highest BCUT2D eigenvalue weighted by Gasteiger charge is 2.20. The number of hydrogen-bond acceptors (Lipinski definition) is 5. The van der Waals surface area contributed by atoms with Gasteiger partial charge in [-0.25, -0.2) is 4.98 Å². The van der Waals surface area contributed by atoms with Crippen molar-refractivity contribution < 1.29 is 14.2 Å². The summed E-state index contributed by atoms with van der Waals surface area (Å²) >= 11 is 0. The number of morpholine rings is 1. The van der Waals surface area contributed by atoms with Crippen LogP contribution in [0.2, 0.25) is 0 Å². The molecule has 0 bridgehead atoms. The Morgan fingerprint density at radius 1 is 1.44 bits per heavy atom. The first-order chi connectivity index (χ1) is 7.85. The van der Waals surface area contributed by atoms with Crippen LogP contribution >= 0.6 is 0 Å². The van der Waals surface area contributed by atoms with Crippen molar-refractivity contribution in [2.45, 2.75) is 6.04 Å². The van der Waals surface area contributed by atoms with Crippen molar-refractivity contribution in [3.05, 3.63) is 17.8 Å². The Bertz CT molecular complexity index is 351. The number of aromatic nitrogens is 1. The molecule has 1 aliphatic heterocycles. The second-order valence-corrected chi connectivity index (χ2v) is 3.55. The van der Waals surface area contributed by atoms with E-state index < -0.39 is 0 Å². The molecule has 0 saturated carbocycles. The molecule has 1 aromatic rings. The summed E-state index contributed by atoms with van der Waals surface area (Å²) in [6.07, 6.45) is 1.67. The van der Waals surface area contributed by atoms with Crippen LogP contribution in [0.4, 0.5) is 0 Å². The molecule has 1 unspecified atom stereocenters. The summed E-state index contributed by atoms with van der Waals surface area (Å²) in [5.41, 5.74) is 1.02. The Kier molecular flexibility index (Phi) is 3.58. The topological polar surface area (TPSA) is 52.6 Å². The highest BCUT2D eigenvalue weighted by molar-refractivity contribution is 5.37. The molecule has 1 fully saturated rings. The summed E-state index contributed by atoms with van der Waals surface area (Å²) < 4.78 is 15.8. The zero-order chi connectivity index (χ0) is 11.4. The molecule has 0 aliphatic carbocycles. The minimum atomic E-state index is 0.139. The maximum Gasteiger partial charge on any atom is 0.213 e. The molecule has 1 aliphatic rings. The van der Waals surface area contributed by atoms with Crippen LogP contribution in [0.3, 0.4) is 0 Å². The van der Waals surface area contributed by atoms with Gasteiger partial charge in [0.15, 0.2) is 0 Å². The second-order valence-electron chi connectivity index (χ2n) is 3.55. The first kappa shape index (κ1) is 11.2. The van der Waals surface area contributed by atoms with Crippen LogP contribution in [0, 0.1) is 0 Å². The van der Waals surface area contributed by atoms with E-state index in [1.54, 1.807) is 20.4 Å². The van der Waals surface area contributed by atoms with Gasteiger partial charge in [0.1, 0.15) is 5.75 Å². The Morgan fingerprint density at radius 3 is 2.94 bits per heavy atom. The molecule has 0 radical (unpaired) electrons. The third kappa shape index (κ3) is 2.25. The number of ether oxygens (including phenoxy) is 3. The number of methoxy groups -OCH3 is 2. The van der Waals surface area contributed by atoms with Gasteiger partial charge in [0.2, 0.25) is 5.88 Å². The van der Waals surface area contributed by atoms with Crippen LogP contribution in [0.5, 0.6) is 11.6 Å². The zero-order valence-corrected chi connectivity index (χ0v) is 9.53. The number of nitrogens with one attached hydrogen (secondary N) is 1. The zero-order valence-electron chi connectivity index (χ0n) is 9.53. The summed E-state index contributed by atoms with van der Waals surface area (Å²) in [6, 6.07) is 2.02. The fourth-order valence-electron chi connectivity index (χ4n) is 1.76. The van der Waals surface area contributed by atoms with Crippen molar-refractivity contribution in [1.29, 1.82) is 0 Å². The normalized spacial score (nSPS) is 20.5. The number of rotatable bonds is 3. The van der Waals surface area contributed by atoms with Gasteiger partial charge in [-0.3, -0.25) is 0 Å². The van der Waals surface area contributed by atoms with Crippen molar-refractivity contribution in [2.75, 3.05) is 34.0 Å². The van der Waals surface area contributed by atoms with Crippen molar-refractivity contribution >= 4 is 0 Å². The van der Waals surface area contributed by atoms with Crippen molar-refractivity contribution in [2.24, 2.45) is 0 Å². The maximum absolute atomic E-state index is 5.43. The first-order valence-electron chi connectivity index (χ1n) is 5.24. The Hall–Kier alpha value is -1.33. The molecular weight excluding hydrogens is 208 g/mol. The average molecular weight is 224 g/mol. The van der Waals surface area contributed by atoms with Crippen molar-refractivity contribution in [3.63, 3.8) is 0 Å². The summed E-state index contributed by atoms with van der Waals surface area (Å²) in [4.78, 5) is 4.11. The Morgan fingerprint density at radius 2 is 2.31 bits per heavy atom. The molecule has 16 heavy (non-hydrogen) atoms. The van der Waals surface area contributed by atoms with Crippen LogP contribution in [0.1, 0.15) is 11.6 Å². The lowest BCUT2D eigenvalue weighted by molar-refractivity contribution is 0.0759. The third-order valence-electron chi connectivity index (χ3n) is 2.60. The summed E-state index contributed by atoms with van der Waals surface area (Å²) in [6.45, 7) is 2.24. The number of nitrogens with zero attached hydrogens (tertiary/aromatic N) is 1. The van der Waals surface area contributed by atoms with Crippen LogP contribution in [-0.4, -0.2) is 39.0 Å². The van der Waals surface area contributed by atoms with Crippen LogP contribution in [0.25, 0.3) is 0 Å². The predicted molar refractivity (Wildman–Crippen MR) is 58.9 cm³/mol. The molecule has 0 amide bonds. The van der Waals surface area contributed by atoms with Gasteiger partial charge in [-0.05, 0) is 0 Å². The van der Waals surface area contributed by atoms with Crippen molar-refractivity contribution in [1.82, 2.24) is 10.3 Å². The fourth-order valence-corrected chi connectivity index (χ4v) is 1.76. The van der Waals surface area contributed by atoms with E-state index in [0.717, 1.165) is 24.5 Å². The Balaban J connectivity index is 2.27. The summed E-state index contributed by atoms with van der Waals surface area (Å²) in [7, 11) is 3.24. The number of hydrogen-bond donors (Lipinski definition) is 1. The largest absolute Gasteiger partial charge is 0.495 e. The van der Waals surface area contributed by atoms with E-state index in [0.29, 0.717) is 12.5 Å². The summed E-state index contributed by atoms with van der Waals surface area (Å²) in [5, 5.41) is 3.37. The van der Waals surface area contributed by atoms with Crippen LogP contribution < -0.4 is 14.8 Å². The molecule has 1 atom stereocenters. The summed E-state index contributed by atoms with van der Waals surface area (Å²) in [5.74, 6) is 1.34. The SMILES string of the molecule is COc1cc(C2COCCN2)c(OC)cn1. The minimum absolute atomic E-state index is 0.139. The quantitative estimate of drug-likeness (QED) is 0.821. The van der Waals surface area contributed by atoms with Crippen LogP contribution in [0.15, 0.2) is 12.3 Å². The van der Waals surface area contributed by atoms with Gasteiger partial charge >= 0.3 is 0 Å². The Labute approximate surface area is 94.7 Å². The molecule has 0 aromatic carbocycles. The highest BCUT2D eigenvalue weighted by atomic mass is 16.5. The third-order valence-corrected chi connectivity index (χ3v) is 2.60. The molecule has 1 N–H and O–H groups in total. The van der Waals surface area contributed by atoms with Gasteiger partial charge in [0.25, 0.3) is 0 Å². The molecule has 1 aromatic heterocycles. The molecule has 5 heteroatoms. The van der Waals surface area contributed by atoms with E-state index in [9.17, 15) is 0 Å². The molecule has 2 heterocycles.